The van der Waals surface area contributed by atoms with E-state index in [-0.39, 0.29) is 0 Å². The predicted octanol–water partition coefficient (Wildman–Crippen LogP) is 13.3. The van der Waals surface area contributed by atoms with Crippen molar-refractivity contribution >= 4 is 53.2 Å². The van der Waals surface area contributed by atoms with Gasteiger partial charge in [-0.1, -0.05) is 140 Å². The summed E-state index contributed by atoms with van der Waals surface area (Å²) in [6.07, 6.45) is 0. The Balaban J connectivity index is 1.12. The van der Waals surface area contributed by atoms with Gasteiger partial charge < -0.3 is 0 Å². The van der Waals surface area contributed by atoms with Crippen molar-refractivity contribution in [1.29, 1.82) is 0 Å². The Labute approximate surface area is 332 Å². The molecule has 8 aromatic carbocycles. The monoisotopic (exact) mass is 745 g/mol. The van der Waals surface area contributed by atoms with E-state index in [1.807, 2.05) is 78.1 Å². The fourth-order valence-electron chi connectivity index (χ4n) is 7.66. The summed E-state index contributed by atoms with van der Waals surface area (Å²) in [5.41, 5.74) is 8.45. The highest BCUT2D eigenvalue weighted by molar-refractivity contribution is 7.25. The molecule has 0 saturated heterocycles. The molecule has 0 bridgehead atoms. The topological polar surface area (TPSA) is 64.5 Å². The molecule has 0 aliphatic heterocycles. The van der Waals surface area contributed by atoms with Crippen LogP contribution in [0.5, 0.6) is 0 Å². The molecule has 0 spiro atoms. The molecule has 11 rings (SSSR count). The second-order valence-electron chi connectivity index (χ2n) is 14.1. The van der Waals surface area contributed by atoms with Gasteiger partial charge >= 0.3 is 0 Å². The van der Waals surface area contributed by atoms with Gasteiger partial charge in [0.25, 0.3) is 0 Å². The van der Waals surface area contributed by atoms with Crippen LogP contribution in [0, 0.1) is 0 Å². The van der Waals surface area contributed by atoms with Gasteiger partial charge in [0.15, 0.2) is 23.3 Å². The molecule has 0 saturated carbocycles. The lowest BCUT2D eigenvalue weighted by Gasteiger charge is -2.13. The summed E-state index contributed by atoms with van der Waals surface area (Å²) in [5.74, 6) is 2.42. The highest BCUT2D eigenvalue weighted by Crippen LogP contribution is 2.38. The standard InChI is InChI=1S/C51H31N5S/c1-4-14-32(15-5-1)37-27-39(50-52-44-22-12-10-21-42(44)47(53-50)33-16-6-2-7-17-33)29-40(28-37)51-55-48(34-18-8-3-9-19-34)54-49(56-51)36-25-24-35-31-46-43(30-38(35)26-36)41-20-11-13-23-45(41)57-46/h1-31H. The van der Waals surface area contributed by atoms with Crippen molar-refractivity contribution < 1.29 is 0 Å². The van der Waals surface area contributed by atoms with Gasteiger partial charge in [-0.3, -0.25) is 0 Å². The Morgan fingerprint density at radius 2 is 0.842 bits per heavy atom. The van der Waals surface area contributed by atoms with E-state index in [0.29, 0.717) is 23.3 Å². The summed E-state index contributed by atoms with van der Waals surface area (Å²) < 4.78 is 2.57. The number of para-hydroxylation sites is 1. The fraction of sp³-hybridized carbons (Fsp3) is 0. The van der Waals surface area contributed by atoms with E-state index in [4.69, 9.17) is 24.9 Å². The minimum atomic E-state index is 0.571. The number of hydrogen-bond donors (Lipinski definition) is 0. The van der Waals surface area contributed by atoms with Crippen LogP contribution < -0.4 is 0 Å². The Bertz CT molecular complexity index is 3290. The maximum Gasteiger partial charge on any atom is 0.164 e. The molecule has 0 fully saturated rings. The lowest BCUT2D eigenvalue weighted by Crippen LogP contribution is -2.01. The Hall–Kier alpha value is -7.41. The van der Waals surface area contributed by atoms with Gasteiger partial charge in [0, 0.05) is 53.4 Å². The van der Waals surface area contributed by atoms with Crippen molar-refractivity contribution in [2.75, 3.05) is 0 Å². The third-order valence-corrected chi connectivity index (χ3v) is 11.6. The van der Waals surface area contributed by atoms with Crippen LogP contribution in [0.15, 0.2) is 188 Å². The molecule has 0 radical (unpaired) electrons. The predicted molar refractivity (Wildman–Crippen MR) is 236 cm³/mol. The van der Waals surface area contributed by atoms with Crippen molar-refractivity contribution in [3.05, 3.63) is 188 Å². The lowest BCUT2D eigenvalue weighted by atomic mass is 9.98. The zero-order valence-corrected chi connectivity index (χ0v) is 31.4. The molecule has 57 heavy (non-hydrogen) atoms. The molecule has 0 aliphatic carbocycles. The molecule has 5 nitrogen and oxygen atoms in total. The normalized spacial score (nSPS) is 11.5. The Kier molecular flexibility index (Phi) is 7.93. The average molecular weight is 746 g/mol. The molecule has 0 aliphatic rings. The van der Waals surface area contributed by atoms with Gasteiger partial charge in [-0.15, -0.1) is 11.3 Å². The van der Waals surface area contributed by atoms with E-state index in [0.717, 1.165) is 60.9 Å². The molecule has 3 aromatic heterocycles. The smallest absolute Gasteiger partial charge is 0.164 e. The maximum atomic E-state index is 5.24. The molecule has 0 amide bonds. The minimum Gasteiger partial charge on any atom is -0.228 e. The van der Waals surface area contributed by atoms with Crippen molar-refractivity contribution in [2.24, 2.45) is 0 Å². The Morgan fingerprint density at radius 1 is 0.281 bits per heavy atom. The molecule has 266 valence electrons. The van der Waals surface area contributed by atoms with Crippen LogP contribution >= 0.6 is 11.3 Å². The number of nitrogens with zero attached hydrogens (tertiary/aromatic N) is 5. The van der Waals surface area contributed by atoms with E-state index >= 15 is 0 Å². The molecule has 0 N–H and O–H groups in total. The summed E-state index contributed by atoms with van der Waals surface area (Å²) in [5, 5.41) is 5.87. The molecule has 11 aromatic rings. The van der Waals surface area contributed by atoms with Gasteiger partial charge in [-0.25, -0.2) is 24.9 Å². The molecule has 0 unspecified atom stereocenters. The number of fused-ring (bicyclic) bond motifs is 5. The van der Waals surface area contributed by atoms with Crippen LogP contribution in [0.4, 0.5) is 0 Å². The van der Waals surface area contributed by atoms with E-state index in [1.54, 1.807) is 0 Å². The zero-order valence-electron chi connectivity index (χ0n) is 30.5. The number of aromatic nitrogens is 5. The maximum absolute atomic E-state index is 5.24. The van der Waals surface area contributed by atoms with Gasteiger partial charge in [0.2, 0.25) is 0 Å². The molecule has 6 heteroatoms. The van der Waals surface area contributed by atoms with Gasteiger partial charge in [0.1, 0.15) is 0 Å². The first-order valence-electron chi connectivity index (χ1n) is 18.9. The summed E-state index contributed by atoms with van der Waals surface area (Å²) >= 11 is 1.83. The fourth-order valence-corrected chi connectivity index (χ4v) is 8.80. The highest BCUT2D eigenvalue weighted by Gasteiger charge is 2.18. The second-order valence-corrected chi connectivity index (χ2v) is 15.2. The summed E-state index contributed by atoms with van der Waals surface area (Å²) in [6.45, 7) is 0. The summed E-state index contributed by atoms with van der Waals surface area (Å²) in [7, 11) is 0. The van der Waals surface area contributed by atoms with Gasteiger partial charge in [-0.05, 0) is 70.4 Å². The first-order chi connectivity index (χ1) is 28.2. The SMILES string of the molecule is c1ccc(-c2cc(-c3nc(-c4ccccc4)nc(-c4ccc5cc6sc7ccccc7c6cc5c4)n3)cc(-c3nc(-c4ccccc4)c4ccccc4n3)c2)cc1. The van der Waals surface area contributed by atoms with Crippen molar-refractivity contribution in [3.8, 4) is 67.9 Å². The van der Waals surface area contributed by atoms with Crippen molar-refractivity contribution in [1.82, 2.24) is 24.9 Å². The number of thiophene rings is 1. The van der Waals surface area contributed by atoms with Crippen LogP contribution in [0.1, 0.15) is 0 Å². The number of rotatable bonds is 6. The summed E-state index contributed by atoms with van der Waals surface area (Å²) in [6, 6.07) is 65.2. The van der Waals surface area contributed by atoms with E-state index in [2.05, 4.69) is 121 Å². The first kappa shape index (κ1) is 33.0. The van der Waals surface area contributed by atoms with Gasteiger partial charge in [-0.2, -0.15) is 0 Å². The summed E-state index contributed by atoms with van der Waals surface area (Å²) in [4.78, 5) is 25.9. The molecule has 3 heterocycles. The van der Waals surface area contributed by atoms with E-state index in [1.165, 1.54) is 25.6 Å². The lowest BCUT2D eigenvalue weighted by molar-refractivity contribution is 1.07. The Morgan fingerprint density at radius 3 is 1.58 bits per heavy atom. The van der Waals surface area contributed by atoms with Crippen LogP contribution in [-0.4, -0.2) is 24.9 Å². The van der Waals surface area contributed by atoms with Gasteiger partial charge in [0.05, 0.1) is 11.2 Å². The quantitative estimate of drug-likeness (QED) is 0.170. The average Bonchev–Trinajstić information content (AvgIpc) is 3.65. The molecular formula is C51H31N5S. The second kappa shape index (κ2) is 13.7. The number of hydrogen-bond acceptors (Lipinski definition) is 6. The number of benzene rings is 8. The zero-order chi connectivity index (χ0) is 37.7. The minimum absolute atomic E-state index is 0.571. The van der Waals surface area contributed by atoms with E-state index < -0.39 is 0 Å². The third-order valence-electron chi connectivity index (χ3n) is 10.5. The van der Waals surface area contributed by atoms with Crippen LogP contribution in [0.25, 0.3) is 110 Å². The van der Waals surface area contributed by atoms with E-state index in [9.17, 15) is 0 Å². The van der Waals surface area contributed by atoms with Crippen LogP contribution in [-0.2, 0) is 0 Å². The van der Waals surface area contributed by atoms with Crippen molar-refractivity contribution in [2.45, 2.75) is 0 Å². The molecule has 0 atom stereocenters. The van der Waals surface area contributed by atoms with Crippen molar-refractivity contribution in [3.63, 3.8) is 0 Å². The first-order valence-corrected chi connectivity index (χ1v) is 19.7. The van der Waals surface area contributed by atoms with Crippen LogP contribution in [0.3, 0.4) is 0 Å². The highest BCUT2D eigenvalue weighted by atomic mass is 32.1. The third kappa shape index (κ3) is 6.09. The molecular weight excluding hydrogens is 715 g/mol. The van der Waals surface area contributed by atoms with Crippen LogP contribution in [0.2, 0.25) is 0 Å². The largest absolute Gasteiger partial charge is 0.228 e.